The molecule has 0 aliphatic carbocycles. The molecule has 1 atom stereocenters. The molecular formula is C25H34FN3O4S. The number of rotatable bonds is 12. The highest BCUT2D eigenvalue weighted by molar-refractivity contribution is 7.92. The lowest BCUT2D eigenvalue weighted by Gasteiger charge is -2.29. The summed E-state index contributed by atoms with van der Waals surface area (Å²) in [6.07, 6.45) is 2.33. The zero-order valence-corrected chi connectivity index (χ0v) is 21.1. The number of nitrogens with zero attached hydrogens (tertiary/aromatic N) is 2. The van der Waals surface area contributed by atoms with Crippen molar-refractivity contribution in [2.45, 2.75) is 52.6 Å². The molecule has 34 heavy (non-hydrogen) atoms. The Hall–Kier alpha value is -2.94. The Labute approximate surface area is 202 Å². The Kier molecular flexibility index (Phi) is 10.0. The van der Waals surface area contributed by atoms with Crippen LogP contribution in [0.5, 0.6) is 0 Å². The molecule has 0 heterocycles. The molecule has 1 unspecified atom stereocenters. The first-order chi connectivity index (χ1) is 16.1. The molecule has 2 amide bonds. The summed E-state index contributed by atoms with van der Waals surface area (Å²) >= 11 is 0. The summed E-state index contributed by atoms with van der Waals surface area (Å²) in [6, 6.07) is 12.3. The monoisotopic (exact) mass is 491 g/mol. The lowest BCUT2D eigenvalue weighted by Crippen LogP contribution is -2.47. The molecule has 7 nitrogen and oxygen atoms in total. The highest BCUT2D eigenvalue weighted by Gasteiger charge is 2.26. The van der Waals surface area contributed by atoms with E-state index >= 15 is 0 Å². The van der Waals surface area contributed by atoms with Crippen LogP contribution in [0.25, 0.3) is 0 Å². The Morgan fingerprint density at radius 2 is 1.59 bits per heavy atom. The molecule has 186 valence electrons. The molecule has 2 aromatic carbocycles. The van der Waals surface area contributed by atoms with E-state index in [4.69, 9.17) is 0 Å². The van der Waals surface area contributed by atoms with E-state index in [1.165, 1.54) is 21.3 Å². The molecule has 0 saturated heterocycles. The number of carbonyl (C=O) groups is 2. The second-order valence-corrected chi connectivity index (χ2v) is 10.1. The maximum Gasteiger partial charge on any atom is 0.242 e. The van der Waals surface area contributed by atoms with Crippen LogP contribution < -0.4 is 9.62 Å². The number of hydrogen-bond donors (Lipinski definition) is 1. The van der Waals surface area contributed by atoms with E-state index in [0.29, 0.717) is 17.8 Å². The zero-order valence-electron chi connectivity index (χ0n) is 20.3. The van der Waals surface area contributed by atoms with Gasteiger partial charge in [-0.05, 0) is 62.1 Å². The average Bonchev–Trinajstić information content (AvgIpc) is 2.80. The van der Waals surface area contributed by atoms with Crippen LogP contribution in [0.3, 0.4) is 0 Å². The third-order valence-electron chi connectivity index (χ3n) is 5.57. The van der Waals surface area contributed by atoms with E-state index in [0.717, 1.165) is 18.2 Å². The molecule has 1 N–H and O–H groups in total. The van der Waals surface area contributed by atoms with Crippen molar-refractivity contribution in [1.82, 2.24) is 10.2 Å². The molecule has 0 radical (unpaired) electrons. The molecule has 0 bridgehead atoms. The SMILES string of the molecule is CCNC(=O)C(C)N(Cc1ccc(F)cc1)C(=O)CCCN(c1ccc(CC)cc1)S(C)(=O)=O. The summed E-state index contributed by atoms with van der Waals surface area (Å²) in [5, 5.41) is 2.72. The number of carbonyl (C=O) groups excluding carboxylic acids is 2. The summed E-state index contributed by atoms with van der Waals surface area (Å²) in [7, 11) is -3.54. The standard InChI is InChI=1S/C25H34FN3O4S/c1-5-20-11-15-23(16-12-20)29(34(4,32)33)17-7-8-24(30)28(19(3)25(31)27-6-2)18-21-9-13-22(26)14-10-21/h9-16,19H,5-8,17-18H2,1-4H3,(H,27,31). The van der Waals surface area contributed by atoms with Gasteiger partial charge in [0.1, 0.15) is 11.9 Å². The molecule has 9 heteroatoms. The molecule has 2 aromatic rings. The molecule has 0 aliphatic rings. The number of nitrogens with one attached hydrogen (secondary N) is 1. The quantitative estimate of drug-likeness (QED) is 0.492. The van der Waals surface area contributed by atoms with Gasteiger partial charge < -0.3 is 10.2 Å². The van der Waals surface area contributed by atoms with Gasteiger partial charge in [0, 0.05) is 26.1 Å². The minimum Gasteiger partial charge on any atom is -0.355 e. The number of halogens is 1. The summed E-state index contributed by atoms with van der Waals surface area (Å²) < 4.78 is 39.3. The predicted molar refractivity (Wildman–Crippen MR) is 132 cm³/mol. The molecule has 0 saturated carbocycles. The van der Waals surface area contributed by atoms with Gasteiger partial charge in [-0.2, -0.15) is 0 Å². The summed E-state index contributed by atoms with van der Waals surface area (Å²) in [4.78, 5) is 27.0. The first-order valence-electron chi connectivity index (χ1n) is 11.4. The second-order valence-electron chi connectivity index (χ2n) is 8.18. The van der Waals surface area contributed by atoms with Crippen molar-refractivity contribution in [1.29, 1.82) is 0 Å². The number of aryl methyl sites for hydroxylation is 1. The normalized spacial score (nSPS) is 12.1. The van der Waals surface area contributed by atoms with Crippen LogP contribution in [-0.4, -0.2) is 50.5 Å². The fourth-order valence-corrected chi connectivity index (χ4v) is 4.56. The Bertz CT molecular complexity index is 1060. The minimum absolute atomic E-state index is 0.0595. The van der Waals surface area contributed by atoms with Crippen molar-refractivity contribution in [3.63, 3.8) is 0 Å². The van der Waals surface area contributed by atoms with Gasteiger partial charge in [-0.1, -0.05) is 31.2 Å². The maximum atomic E-state index is 13.3. The largest absolute Gasteiger partial charge is 0.355 e. The molecule has 0 fully saturated rings. The van der Waals surface area contributed by atoms with Crippen LogP contribution in [0.2, 0.25) is 0 Å². The van der Waals surface area contributed by atoms with Gasteiger partial charge in [0.25, 0.3) is 0 Å². The van der Waals surface area contributed by atoms with Gasteiger partial charge >= 0.3 is 0 Å². The predicted octanol–water partition coefficient (Wildman–Crippen LogP) is 3.49. The van der Waals surface area contributed by atoms with Gasteiger partial charge in [0.2, 0.25) is 21.8 Å². The number of amides is 2. The topological polar surface area (TPSA) is 86.8 Å². The highest BCUT2D eigenvalue weighted by atomic mass is 32.2. The van der Waals surface area contributed by atoms with Crippen LogP contribution in [-0.2, 0) is 32.6 Å². The molecule has 2 rings (SSSR count). The van der Waals surface area contributed by atoms with Crippen LogP contribution in [0.4, 0.5) is 10.1 Å². The van der Waals surface area contributed by atoms with Gasteiger partial charge in [-0.3, -0.25) is 13.9 Å². The smallest absolute Gasteiger partial charge is 0.242 e. The number of hydrogen-bond acceptors (Lipinski definition) is 4. The van der Waals surface area contributed by atoms with Crippen LogP contribution >= 0.6 is 0 Å². The van der Waals surface area contributed by atoms with Crippen molar-refractivity contribution < 1.29 is 22.4 Å². The van der Waals surface area contributed by atoms with Crippen molar-refractivity contribution >= 4 is 27.5 Å². The number of likely N-dealkylation sites (N-methyl/N-ethyl adjacent to an activating group) is 1. The molecule has 0 aliphatic heterocycles. The van der Waals surface area contributed by atoms with E-state index in [1.807, 2.05) is 19.1 Å². The fourth-order valence-electron chi connectivity index (χ4n) is 3.59. The second kappa shape index (κ2) is 12.5. The van der Waals surface area contributed by atoms with Gasteiger partial charge in [0.15, 0.2) is 0 Å². The van der Waals surface area contributed by atoms with E-state index < -0.39 is 16.1 Å². The first-order valence-corrected chi connectivity index (χ1v) is 13.3. The summed E-state index contributed by atoms with van der Waals surface area (Å²) in [6.45, 7) is 6.17. The van der Waals surface area contributed by atoms with E-state index in [2.05, 4.69) is 5.32 Å². The lowest BCUT2D eigenvalue weighted by atomic mass is 10.1. The van der Waals surface area contributed by atoms with Gasteiger partial charge in [-0.25, -0.2) is 12.8 Å². The number of sulfonamides is 1. The first kappa shape index (κ1) is 27.3. The summed E-state index contributed by atoms with van der Waals surface area (Å²) in [5.74, 6) is -0.948. The Balaban J connectivity index is 2.13. The third kappa shape index (κ3) is 7.83. The fraction of sp³-hybridized carbons (Fsp3) is 0.440. The van der Waals surface area contributed by atoms with Crippen LogP contribution in [0, 0.1) is 5.82 Å². The zero-order chi connectivity index (χ0) is 25.3. The lowest BCUT2D eigenvalue weighted by molar-refractivity contribution is -0.140. The van der Waals surface area contributed by atoms with E-state index in [1.54, 1.807) is 38.1 Å². The Morgan fingerprint density at radius 3 is 2.12 bits per heavy atom. The third-order valence-corrected chi connectivity index (χ3v) is 6.76. The number of anilines is 1. The number of benzene rings is 2. The van der Waals surface area contributed by atoms with Crippen molar-refractivity contribution in [3.8, 4) is 0 Å². The average molecular weight is 492 g/mol. The maximum absolute atomic E-state index is 13.3. The molecular weight excluding hydrogens is 457 g/mol. The minimum atomic E-state index is -3.54. The van der Waals surface area contributed by atoms with Gasteiger partial charge in [-0.15, -0.1) is 0 Å². The van der Waals surface area contributed by atoms with Crippen molar-refractivity contribution in [3.05, 3.63) is 65.5 Å². The van der Waals surface area contributed by atoms with E-state index in [9.17, 15) is 22.4 Å². The van der Waals surface area contributed by atoms with E-state index in [-0.39, 0.29) is 43.6 Å². The van der Waals surface area contributed by atoms with Crippen molar-refractivity contribution in [2.24, 2.45) is 0 Å². The molecule has 0 aromatic heterocycles. The van der Waals surface area contributed by atoms with Crippen LogP contribution in [0.15, 0.2) is 48.5 Å². The summed E-state index contributed by atoms with van der Waals surface area (Å²) in [5.41, 5.74) is 2.34. The van der Waals surface area contributed by atoms with Crippen molar-refractivity contribution in [2.75, 3.05) is 23.7 Å². The highest BCUT2D eigenvalue weighted by Crippen LogP contribution is 2.20. The van der Waals surface area contributed by atoms with Gasteiger partial charge in [0.05, 0.1) is 11.9 Å². The molecule has 0 spiro atoms. The Morgan fingerprint density at radius 1 is 1.00 bits per heavy atom. The van der Waals surface area contributed by atoms with Crippen LogP contribution in [0.1, 0.15) is 44.7 Å².